The van der Waals surface area contributed by atoms with Gasteiger partial charge < -0.3 is 19.5 Å². The van der Waals surface area contributed by atoms with Crippen LogP contribution < -0.4 is 10.7 Å². The summed E-state index contributed by atoms with van der Waals surface area (Å²) in [4.78, 5) is 45.1. The first-order chi connectivity index (χ1) is 15.3. The Kier molecular flexibility index (Phi) is 6.05. The van der Waals surface area contributed by atoms with E-state index in [1.165, 1.54) is 6.20 Å². The standard InChI is InChI=1S/C24H26N4O4/c1-15-4-6-18(12-16(15)2)26-21(29)14-28-13-20(24(31)27-8-10-32-11-9-27)22(30)19-7-5-17(3)25-23(19)28/h4-7,12-13H,8-11,14H2,1-3H3,(H,26,29). The lowest BCUT2D eigenvalue weighted by Gasteiger charge is -2.27. The van der Waals surface area contributed by atoms with E-state index in [9.17, 15) is 14.4 Å². The van der Waals surface area contributed by atoms with Crippen molar-refractivity contribution >= 4 is 28.5 Å². The van der Waals surface area contributed by atoms with Gasteiger partial charge in [0.05, 0.1) is 18.6 Å². The fourth-order valence-corrected chi connectivity index (χ4v) is 3.74. The molecule has 0 unspecified atom stereocenters. The Morgan fingerprint density at radius 1 is 1.06 bits per heavy atom. The van der Waals surface area contributed by atoms with Gasteiger partial charge in [0.2, 0.25) is 11.3 Å². The quantitative estimate of drug-likeness (QED) is 0.681. The van der Waals surface area contributed by atoms with Crippen molar-refractivity contribution in [3.63, 3.8) is 0 Å². The second-order valence-electron chi connectivity index (χ2n) is 8.08. The summed E-state index contributed by atoms with van der Waals surface area (Å²) >= 11 is 0. The fraction of sp³-hybridized carbons (Fsp3) is 0.333. The average molecular weight is 434 g/mol. The molecule has 0 aliphatic carbocycles. The van der Waals surface area contributed by atoms with Crippen molar-refractivity contribution in [1.29, 1.82) is 0 Å². The lowest BCUT2D eigenvalue weighted by atomic mass is 10.1. The van der Waals surface area contributed by atoms with Crippen LogP contribution in [0, 0.1) is 20.8 Å². The number of pyridine rings is 2. The summed E-state index contributed by atoms with van der Waals surface area (Å²) in [6.07, 6.45) is 1.45. The lowest BCUT2D eigenvalue weighted by Crippen LogP contribution is -2.42. The number of hydrogen-bond acceptors (Lipinski definition) is 5. The zero-order valence-electron chi connectivity index (χ0n) is 18.5. The Hall–Kier alpha value is -3.52. The number of rotatable bonds is 4. The maximum absolute atomic E-state index is 13.1. The number of carbonyl (C=O) groups is 2. The number of aryl methyl sites for hydroxylation is 3. The fourth-order valence-electron chi connectivity index (χ4n) is 3.74. The van der Waals surface area contributed by atoms with Crippen LogP contribution in [0.5, 0.6) is 0 Å². The zero-order chi connectivity index (χ0) is 22.8. The summed E-state index contributed by atoms with van der Waals surface area (Å²) in [6.45, 7) is 7.45. The van der Waals surface area contributed by atoms with Crippen LogP contribution in [0.1, 0.15) is 27.2 Å². The van der Waals surface area contributed by atoms with E-state index in [1.54, 1.807) is 21.6 Å². The number of morpholine rings is 1. The first-order valence-electron chi connectivity index (χ1n) is 10.6. The molecule has 0 bridgehead atoms. The summed E-state index contributed by atoms with van der Waals surface area (Å²) in [5.41, 5.74) is 3.65. The van der Waals surface area contributed by atoms with Gasteiger partial charge in [-0.05, 0) is 56.2 Å². The van der Waals surface area contributed by atoms with Crippen LogP contribution in [-0.4, -0.2) is 52.6 Å². The van der Waals surface area contributed by atoms with Crippen LogP contribution in [0.2, 0.25) is 0 Å². The molecule has 1 aliphatic rings. The Morgan fingerprint density at radius 3 is 2.53 bits per heavy atom. The van der Waals surface area contributed by atoms with Gasteiger partial charge in [0.1, 0.15) is 17.8 Å². The molecular formula is C24H26N4O4. The van der Waals surface area contributed by atoms with Gasteiger partial charge in [-0.1, -0.05) is 6.07 Å². The highest BCUT2D eigenvalue weighted by atomic mass is 16.5. The predicted molar refractivity (Wildman–Crippen MR) is 122 cm³/mol. The van der Waals surface area contributed by atoms with Crippen molar-refractivity contribution in [2.24, 2.45) is 0 Å². The van der Waals surface area contributed by atoms with Gasteiger partial charge >= 0.3 is 0 Å². The smallest absolute Gasteiger partial charge is 0.259 e. The normalized spacial score (nSPS) is 13.9. The topological polar surface area (TPSA) is 93.5 Å². The van der Waals surface area contributed by atoms with Crippen molar-refractivity contribution < 1.29 is 14.3 Å². The van der Waals surface area contributed by atoms with E-state index >= 15 is 0 Å². The molecule has 1 N–H and O–H groups in total. The molecule has 1 fully saturated rings. The van der Waals surface area contributed by atoms with Crippen LogP contribution in [-0.2, 0) is 16.1 Å². The van der Waals surface area contributed by atoms with Gasteiger partial charge in [-0.3, -0.25) is 14.4 Å². The number of hydrogen-bond donors (Lipinski definition) is 1. The highest BCUT2D eigenvalue weighted by molar-refractivity contribution is 5.97. The van der Waals surface area contributed by atoms with E-state index in [4.69, 9.17) is 4.74 Å². The molecular weight excluding hydrogens is 408 g/mol. The van der Waals surface area contributed by atoms with E-state index in [1.807, 2.05) is 39.0 Å². The highest BCUT2D eigenvalue weighted by Crippen LogP contribution is 2.16. The van der Waals surface area contributed by atoms with E-state index in [0.29, 0.717) is 48.7 Å². The third-order valence-corrected chi connectivity index (χ3v) is 5.69. The molecule has 4 rings (SSSR count). The number of ether oxygens (including phenoxy) is 1. The zero-order valence-corrected chi connectivity index (χ0v) is 18.5. The molecule has 0 atom stereocenters. The van der Waals surface area contributed by atoms with Crippen molar-refractivity contribution in [1.82, 2.24) is 14.5 Å². The number of anilines is 1. The van der Waals surface area contributed by atoms with Crippen LogP contribution in [0.4, 0.5) is 5.69 Å². The molecule has 32 heavy (non-hydrogen) atoms. The predicted octanol–water partition coefficient (Wildman–Crippen LogP) is 2.43. The van der Waals surface area contributed by atoms with Crippen LogP contribution >= 0.6 is 0 Å². The van der Waals surface area contributed by atoms with Gasteiger partial charge in [0.15, 0.2) is 0 Å². The summed E-state index contributed by atoms with van der Waals surface area (Å²) in [7, 11) is 0. The van der Waals surface area contributed by atoms with Crippen molar-refractivity contribution in [3.05, 3.63) is 69.1 Å². The summed E-state index contributed by atoms with van der Waals surface area (Å²) in [6, 6.07) is 9.09. The summed E-state index contributed by atoms with van der Waals surface area (Å²) < 4.78 is 6.89. The Balaban J connectivity index is 1.70. The lowest BCUT2D eigenvalue weighted by molar-refractivity contribution is -0.116. The first-order valence-corrected chi connectivity index (χ1v) is 10.6. The van der Waals surface area contributed by atoms with Crippen molar-refractivity contribution in [2.75, 3.05) is 31.6 Å². The third-order valence-electron chi connectivity index (χ3n) is 5.69. The number of amides is 2. The molecule has 3 heterocycles. The number of nitrogens with one attached hydrogen (secondary N) is 1. The van der Waals surface area contributed by atoms with Gasteiger partial charge in [0.25, 0.3) is 5.91 Å². The average Bonchev–Trinajstić information content (AvgIpc) is 2.78. The van der Waals surface area contributed by atoms with E-state index in [-0.39, 0.29) is 29.4 Å². The molecule has 0 radical (unpaired) electrons. The molecule has 1 aromatic carbocycles. The molecule has 166 valence electrons. The van der Waals surface area contributed by atoms with Crippen molar-refractivity contribution in [2.45, 2.75) is 27.3 Å². The SMILES string of the molecule is Cc1ccc2c(=O)c(C(=O)N3CCOCC3)cn(CC(=O)Nc3ccc(C)c(C)c3)c2n1. The summed E-state index contributed by atoms with van der Waals surface area (Å²) in [5, 5.41) is 3.20. The monoisotopic (exact) mass is 434 g/mol. The second kappa shape index (κ2) is 8.92. The molecule has 3 aromatic rings. The maximum atomic E-state index is 13.1. The first kappa shape index (κ1) is 21.7. The number of aromatic nitrogens is 2. The minimum atomic E-state index is -0.380. The minimum absolute atomic E-state index is 0.0315. The summed E-state index contributed by atoms with van der Waals surface area (Å²) in [5.74, 6) is -0.629. The van der Waals surface area contributed by atoms with Gasteiger partial charge in [0, 0.05) is 30.7 Å². The molecule has 2 amide bonds. The Morgan fingerprint density at radius 2 is 1.81 bits per heavy atom. The highest BCUT2D eigenvalue weighted by Gasteiger charge is 2.24. The number of benzene rings is 1. The maximum Gasteiger partial charge on any atom is 0.259 e. The number of nitrogens with zero attached hydrogens (tertiary/aromatic N) is 3. The van der Waals surface area contributed by atoms with Crippen molar-refractivity contribution in [3.8, 4) is 0 Å². The van der Waals surface area contributed by atoms with Crippen LogP contribution in [0.15, 0.2) is 41.3 Å². The van der Waals surface area contributed by atoms with Crippen LogP contribution in [0.3, 0.4) is 0 Å². The third kappa shape index (κ3) is 4.40. The van der Waals surface area contributed by atoms with E-state index in [0.717, 1.165) is 11.1 Å². The molecule has 2 aromatic heterocycles. The van der Waals surface area contributed by atoms with Gasteiger partial charge in [-0.2, -0.15) is 0 Å². The number of carbonyl (C=O) groups excluding carboxylic acids is 2. The molecule has 8 nitrogen and oxygen atoms in total. The largest absolute Gasteiger partial charge is 0.378 e. The molecule has 0 spiro atoms. The van der Waals surface area contributed by atoms with E-state index in [2.05, 4.69) is 10.3 Å². The molecule has 8 heteroatoms. The van der Waals surface area contributed by atoms with Gasteiger partial charge in [-0.15, -0.1) is 0 Å². The van der Waals surface area contributed by atoms with E-state index < -0.39 is 0 Å². The van der Waals surface area contributed by atoms with Gasteiger partial charge in [-0.25, -0.2) is 4.98 Å². The number of fused-ring (bicyclic) bond motifs is 1. The van der Waals surface area contributed by atoms with Crippen LogP contribution in [0.25, 0.3) is 11.0 Å². The molecule has 1 aliphatic heterocycles. The molecule has 1 saturated heterocycles. The Bertz CT molecular complexity index is 1260. The molecule has 0 saturated carbocycles. The minimum Gasteiger partial charge on any atom is -0.378 e. The Labute approximate surface area is 185 Å². The second-order valence-corrected chi connectivity index (χ2v) is 8.08.